The van der Waals surface area contributed by atoms with Crippen molar-refractivity contribution >= 4 is 33.6 Å². The molecule has 1 saturated heterocycles. The highest BCUT2D eigenvalue weighted by Gasteiger charge is 2.33. The van der Waals surface area contributed by atoms with E-state index in [2.05, 4.69) is 9.97 Å². The molecule has 0 radical (unpaired) electrons. The van der Waals surface area contributed by atoms with Crippen LogP contribution in [0.2, 0.25) is 0 Å². The van der Waals surface area contributed by atoms with E-state index in [4.69, 9.17) is 4.74 Å². The summed E-state index contributed by atoms with van der Waals surface area (Å²) in [6, 6.07) is 3.97. The summed E-state index contributed by atoms with van der Waals surface area (Å²) in [7, 11) is -1.46. The summed E-state index contributed by atoms with van der Waals surface area (Å²) >= 11 is 0. The summed E-state index contributed by atoms with van der Waals surface area (Å²) in [5.74, 6) is 0.242. The zero-order chi connectivity index (χ0) is 20.5. The number of carbonyl (C=O) groups is 1. The molecule has 9 nitrogen and oxygen atoms in total. The third kappa shape index (κ3) is 4.61. The number of nitro benzene ring substituents is 1. The summed E-state index contributed by atoms with van der Waals surface area (Å²) in [6.07, 6.45) is 2.55. The van der Waals surface area contributed by atoms with E-state index >= 15 is 0 Å². The van der Waals surface area contributed by atoms with Crippen LogP contribution in [0.15, 0.2) is 29.4 Å². The lowest BCUT2D eigenvalue weighted by atomic mass is 10.2. The molecule has 1 fully saturated rings. The second kappa shape index (κ2) is 7.78. The number of aromatic nitrogens is 2. The number of hydrogen-bond donors (Lipinski definition) is 0. The van der Waals surface area contributed by atoms with Gasteiger partial charge in [0.1, 0.15) is 10.6 Å². The predicted molar refractivity (Wildman–Crippen MR) is 103 cm³/mol. The normalized spacial score (nSPS) is 18.2. The predicted octanol–water partition coefficient (Wildman–Crippen LogP) is 3.05. The molecule has 150 valence electrons. The van der Waals surface area contributed by atoms with Crippen molar-refractivity contribution in [1.29, 1.82) is 0 Å². The number of likely N-dealkylation sites (tertiary alicyclic amines) is 1. The Morgan fingerprint density at radius 1 is 1.39 bits per heavy atom. The third-order valence-electron chi connectivity index (χ3n) is 4.30. The molecule has 2 atom stereocenters. The van der Waals surface area contributed by atoms with Crippen molar-refractivity contribution in [1.82, 2.24) is 14.9 Å². The first kappa shape index (κ1) is 20.1. The zero-order valence-electron chi connectivity index (χ0n) is 16.0. The van der Waals surface area contributed by atoms with E-state index < -0.39 is 27.4 Å². The maximum Gasteiger partial charge on any atom is 0.410 e. The molecule has 0 aliphatic carbocycles. The summed E-state index contributed by atoms with van der Waals surface area (Å²) in [6.45, 7) is 6.00. The Bertz CT molecular complexity index is 943. The van der Waals surface area contributed by atoms with Gasteiger partial charge in [-0.15, -0.1) is 0 Å². The number of hydrogen-bond acceptors (Lipinski definition) is 7. The van der Waals surface area contributed by atoms with Crippen LogP contribution in [0.3, 0.4) is 0 Å². The molecule has 1 amide bonds. The SMILES string of the molecule is CC(C)(C)OC(=O)N1CCC[C@H]1C[S@@](=O)c1cnc2cc([N+](=O)[O-])ccc2n1. The van der Waals surface area contributed by atoms with Gasteiger partial charge in [-0.05, 0) is 39.7 Å². The van der Waals surface area contributed by atoms with Gasteiger partial charge >= 0.3 is 6.09 Å². The topological polar surface area (TPSA) is 116 Å². The molecule has 2 aromatic rings. The highest BCUT2D eigenvalue weighted by molar-refractivity contribution is 7.85. The number of rotatable bonds is 4. The second-order valence-corrected chi connectivity index (χ2v) is 9.06. The van der Waals surface area contributed by atoms with Gasteiger partial charge in [0.05, 0.1) is 38.7 Å². The van der Waals surface area contributed by atoms with Crippen LogP contribution in [-0.2, 0) is 15.5 Å². The van der Waals surface area contributed by atoms with Crippen LogP contribution in [0.25, 0.3) is 11.0 Å². The molecule has 2 heterocycles. The van der Waals surface area contributed by atoms with Crippen LogP contribution >= 0.6 is 0 Å². The minimum atomic E-state index is -1.46. The fourth-order valence-electron chi connectivity index (χ4n) is 3.04. The molecule has 1 aromatic heterocycles. The van der Waals surface area contributed by atoms with E-state index in [0.717, 1.165) is 12.8 Å². The van der Waals surface area contributed by atoms with E-state index in [0.29, 0.717) is 17.6 Å². The van der Waals surface area contributed by atoms with Gasteiger partial charge in [-0.3, -0.25) is 19.3 Å². The van der Waals surface area contributed by atoms with Crippen molar-refractivity contribution in [2.45, 2.75) is 50.3 Å². The molecular weight excluding hydrogens is 384 g/mol. The van der Waals surface area contributed by atoms with Crippen LogP contribution in [0.4, 0.5) is 10.5 Å². The van der Waals surface area contributed by atoms with Crippen molar-refractivity contribution in [3.05, 3.63) is 34.5 Å². The Hall–Kier alpha value is -2.62. The summed E-state index contributed by atoms with van der Waals surface area (Å²) < 4.78 is 18.2. The van der Waals surface area contributed by atoms with Crippen LogP contribution in [0, 0.1) is 10.1 Å². The Labute approximate surface area is 164 Å². The molecule has 0 N–H and O–H groups in total. The Kier molecular flexibility index (Phi) is 5.59. The lowest BCUT2D eigenvalue weighted by molar-refractivity contribution is -0.384. The van der Waals surface area contributed by atoms with Crippen LogP contribution in [-0.4, -0.2) is 54.0 Å². The van der Waals surface area contributed by atoms with Gasteiger partial charge in [0, 0.05) is 24.7 Å². The molecule has 10 heteroatoms. The molecule has 0 unspecified atom stereocenters. The number of amides is 1. The molecule has 1 aliphatic rings. The number of nitro groups is 1. The van der Waals surface area contributed by atoms with E-state index in [9.17, 15) is 19.1 Å². The lowest BCUT2D eigenvalue weighted by Crippen LogP contribution is -2.42. The van der Waals surface area contributed by atoms with Gasteiger partial charge in [0.2, 0.25) is 0 Å². The summed E-state index contributed by atoms with van der Waals surface area (Å²) in [5, 5.41) is 11.1. The molecule has 3 rings (SSSR count). The molecular formula is C18H22N4O5S. The highest BCUT2D eigenvalue weighted by atomic mass is 32.2. The number of benzene rings is 1. The molecule has 1 aromatic carbocycles. The molecule has 1 aliphatic heterocycles. The van der Waals surface area contributed by atoms with Crippen molar-refractivity contribution in [2.24, 2.45) is 0 Å². The minimum absolute atomic E-state index is 0.0744. The van der Waals surface area contributed by atoms with Crippen molar-refractivity contribution in [2.75, 3.05) is 12.3 Å². The van der Waals surface area contributed by atoms with Crippen molar-refractivity contribution < 1.29 is 18.7 Å². The van der Waals surface area contributed by atoms with E-state index in [1.807, 2.05) is 20.8 Å². The number of ether oxygens (including phenoxy) is 1. The van der Waals surface area contributed by atoms with Crippen LogP contribution in [0.1, 0.15) is 33.6 Å². The standard InChI is InChI=1S/C18H22N4O5S/c1-18(2,3)27-17(23)21-8-4-5-13(21)11-28(26)16-10-19-15-9-12(22(24)25)6-7-14(15)20-16/h6-7,9-10,13H,4-5,8,11H2,1-3H3/t13-,28+/m0/s1. The van der Waals surface area contributed by atoms with Gasteiger partial charge in [0.15, 0.2) is 0 Å². The first-order chi connectivity index (χ1) is 13.1. The quantitative estimate of drug-likeness (QED) is 0.566. The molecule has 0 bridgehead atoms. The van der Waals surface area contributed by atoms with E-state index in [-0.39, 0.29) is 22.5 Å². The number of fused-ring (bicyclic) bond motifs is 1. The molecule has 0 spiro atoms. The average molecular weight is 406 g/mol. The van der Waals surface area contributed by atoms with E-state index in [1.54, 1.807) is 4.90 Å². The van der Waals surface area contributed by atoms with Gasteiger partial charge in [0.25, 0.3) is 5.69 Å². The van der Waals surface area contributed by atoms with Gasteiger partial charge < -0.3 is 9.64 Å². The van der Waals surface area contributed by atoms with Gasteiger partial charge in [-0.1, -0.05) is 0 Å². The Morgan fingerprint density at radius 3 is 2.82 bits per heavy atom. The Balaban J connectivity index is 1.74. The first-order valence-electron chi connectivity index (χ1n) is 8.93. The largest absolute Gasteiger partial charge is 0.444 e. The summed E-state index contributed by atoms with van der Waals surface area (Å²) in [4.78, 5) is 32.8. The minimum Gasteiger partial charge on any atom is -0.444 e. The smallest absolute Gasteiger partial charge is 0.410 e. The van der Waals surface area contributed by atoms with Gasteiger partial charge in [-0.2, -0.15) is 0 Å². The zero-order valence-corrected chi connectivity index (χ0v) is 16.8. The molecule has 28 heavy (non-hydrogen) atoms. The number of carbonyl (C=O) groups excluding carboxylic acids is 1. The Morgan fingerprint density at radius 2 is 2.14 bits per heavy atom. The maximum atomic E-state index is 12.8. The first-order valence-corrected chi connectivity index (χ1v) is 10.2. The number of non-ortho nitro benzene ring substituents is 1. The van der Waals surface area contributed by atoms with Gasteiger partial charge in [-0.25, -0.2) is 9.78 Å². The van der Waals surface area contributed by atoms with Crippen molar-refractivity contribution in [3.63, 3.8) is 0 Å². The maximum absolute atomic E-state index is 12.8. The van der Waals surface area contributed by atoms with Crippen LogP contribution < -0.4 is 0 Å². The number of nitrogens with zero attached hydrogens (tertiary/aromatic N) is 4. The molecule has 0 saturated carbocycles. The van der Waals surface area contributed by atoms with Crippen molar-refractivity contribution in [3.8, 4) is 0 Å². The fourth-order valence-corrected chi connectivity index (χ4v) is 4.27. The second-order valence-electron chi connectivity index (χ2n) is 7.62. The fraction of sp³-hybridized carbons (Fsp3) is 0.500. The summed E-state index contributed by atoms with van der Waals surface area (Å²) in [5.41, 5.74) is 0.142. The average Bonchev–Trinajstić information content (AvgIpc) is 3.07. The highest BCUT2D eigenvalue weighted by Crippen LogP contribution is 2.23. The van der Waals surface area contributed by atoms with E-state index in [1.165, 1.54) is 24.4 Å². The third-order valence-corrected chi connectivity index (χ3v) is 5.65. The van der Waals surface area contributed by atoms with Crippen LogP contribution in [0.5, 0.6) is 0 Å². The lowest BCUT2D eigenvalue weighted by Gasteiger charge is -2.28. The monoisotopic (exact) mass is 406 g/mol.